The number of carbonyl (C=O) groups is 1. The van der Waals surface area contributed by atoms with Crippen LogP contribution in [-0.2, 0) is 0 Å². The van der Waals surface area contributed by atoms with Gasteiger partial charge in [0.1, 0.15) is 0 Å². The van der Waals surface area contributed by atoms with Gasteiger partial charge in [-0.3, -0.25) is 4.79 Å². The fourth-order valence-electron chi connectivity index (χ4n) is 1.57. The number of hydrogen-bond acceptors (Lipinski definition) is 1. The predicted molar refractivity (Wildman–Crippen MR) is 83.3 cm³/mol. The highest BCUT2D eigenvalue weighted by molar-refractivity contribution is 9.10. The van der Waals surface area contributed by atoms with E-state index in [1.165, 1.54) is 0 Å². The Morgan fingerprint density at radius 2 is 1.89 bits per heavy atom. The molecule has 1 amide bonds. The molecule has 0 unspecified atom stereocenters. The van der Waals surface area contributed by atoms with Gasteiger partial charge in [0.2, 0.25) is 0 Å². The lowest BCUT2D eigenvalue weighted by Gasteiger charge is -2.08. The number of carbonyl (C=O) groups excluding carboxylic acids is 1. The molecule has 0 fully saturated rings. The Morgan fingerprint density at radius 1 is 1.16 bits per heavy atom. The van der Waals surface area contributed by atoms with Gasteiger partial charge in [0, 0.05) is 15.1 Å². The van der Waals surface area contributed by atoms with Gasteiger partial charge in [-0.25, -0.2) is 0 Å². The second-order valence-corrected chi connectivity index (χ2v) is 5.74. The molecular weight excluding hydrogens is 349 g/mol. The summed E-state index contributed by atoms with van der Waals surface area (Å²) in [6, 6.07) is 10.3. The zero-order valence-corrected chi connectivity index (χ0v) is 13.1. The molecule has 5 heteroatoms. The minimum absolute atomic E-state index is 0.222. The third kappa shape index (κ3) is 3.50. The van der Waals surface area contributed by atoms with E-state index >= 15 is 0 Å². The summed E-state index contributed by atoms with van der Waals surface area (Å²) in [5.41, 5.74) is 2.06. The molecule has 0 bridgehead atoms. The number of benzene rings is 2. The zero-order valence-electron chi connectivity index (χ0n) is 10.0. The maximum Gasteiger partial charge on any atom is 0.255 e. The number of anilines is 1. The molecular formula is C14H10BrCl2NO. The van der Waals surface area contributed by atoms with Crippen molar-refractivity contribution in [2.75, 3.05) is 5.32 Å². The number of amides is 1. The Morgan fingerprint density at radius 3 is 2.58 bits per heavy atom. The van der Waals surface area contributed by atoms with Crippen molar-refractivity contribution in [2.45, 2.75) is 6.92 Å². The smallest absolute Gasteiger partial charge is 0.255 e. The van der Waals surface area contributed by atoms with E-state index in [0.717, 1.165) is 10.0 Å². The Labute approximate surface area is 129 Å². The molecule has 0 radical (unpaired) electrons. The van der Waals surface area contributed by atoms with Crippen LogP contribution in [0, 0.1) is 6.92 Å². The van der Waals surface area contributed by atoms with Crippen LogP contribution in [0.15, 0.2) is 40.9 Å². The van der Waals surface area contributed by atoms with Crippen LogP contribution in [0.1, 0.15) is 15.9 Å². The van der Waals surface area contributed by atoms with Crippen LogP contribution in [0.5, 0.6) is 0 Å². The van der Waals surface area contributed by atoms with Crippen molar-refractivity contribution in [3.05, 3.63) is 62.0 Å². The van der Waals surface area contributed by atoms with Gasteiger partial charge < -0.3 is 5.32 Å². The molecule has 2 nitrogen and oxygen atoms in total. The summed E-state index contributed by atoms with van der Waals surface area (Å²) in [6.45, 7) is 1.92. The van der Waals surface area contributed by atoms with Crippen molar-refractivity contribution in [3.63, 3.8) is 0 Å². The van der Waals surface area contributed by atoms with Gasteiger partial charge in [-0.1, -0.05) is 39.1 Å². The standard InChI is InChI=1S/C14H10BrCl2NO/c1-8-6-9(2-4-11(8)15)14(19)18-13-7-10(16)3-5-12(13)17/h2-7H,1H3,(H,18,19). The van der Waals surface area contributed by atoms with E-state index in [-0.39, 0.29) is 5.91 Å². The second-order valence-electron chi connectivity index (χ2n) is 4.04. The molecule has 19 heavy (non-hydrogen) atoms. The molecule has 0 heterocycles. The SMILES string of the molecule is Cc1cc(C(=O)Nc2cc(Cl)ccc2Cl)ccc1Br. The number of hydrogen-bond donors (Lipinski definition) is 1. The Bertz CT molecular complexity index is 643. The molecule has 0 atom stereocenters. The minimum atomic E-state index is -0.222. The lowest BCUT2D eigenvalue weighted by molar-refractivity contribution is 0.102. The summed E-state index contributed by atoms with van der Waals surface area (Å²) in [5, 5.41) is 3.71. The summed E-state index contributed by atoms with van der Waals surface area (Å²) < 4.78 is 0.963. The van der Waals surface area contributed by atoms with Crippen LogP contribution in [0.2, 0.25) is 10.0 Å². The van der Waals surface area contributed by atoms with E-state index in [0.29, 0.717) is 21.3 Å². The Balaban J connectivity index is 2.25. The summed E-state index contributed by atoms with van der Waals surface area (Å²) >= 11 is 15.3. The largest absolute Gasteiger partial charge is 0.321 e. The Kier molecular flexibility index (Phi) is 4.50. The van der Waals surface area contributed by atoms with Crippen molar-refractivity contribution in [1.82, 2.24) is 0 Å². The fourth-order valence-corrected chi connectivity index (χ4v) is 2.16. The third-order valence-corrected chi connectivity index (χ3v) is 4.05. The van der Waals surface area contributed by atoms with Crippen molar-refractivity contribution >= 4 is 50.7 Å². The van der Waals surface area contributed by atoms with Crippen LogP contribution < -0.4 is 5.32 Å². The van der Waals surface area contributed by atoms with Crippen LogP contribution in [-0.4, -0.2) is 5.91 Å². The van der Waals surface area contributed by atoms with Gasteiger partial charge in [0.25, 0.3) is 5.91 Å². The van der Waals surface area contributed by atoms with E-state index in [2.05, 4.69) is 21.2 Å². The van der Waals surface area contributed by atoms with Gasteiger partial charge in [-0.15, -0.1) is 0 Å². The quantitative estimate of drug-likeness (QED) is 0.773. The molecule has 98 valence electrons. The lowest BCUT2D eigenvalue weighted by Crippen LogP contribution is -2.12. The first kappa shape index (κ1) is 14.4. The van der Waals surface area contributed by atoms with Gasteiger partial charge in [0.05, 0.1) is 10.7 Å². The first-order valence-electron chi connectivity index (χ1n) is 5.50. The highest BCUT2D eigenvalue weighted by Crippen LogP contribution is 2.26. The molecule has 0 aliphatic heterocycles. The number of nitrogens with one attached hydrogen (secondary N) is 1. The van der Waals surface area contributed by atoms with Crippen molar-refractivity contribution in [2.24, 2.45) is 0 Å². The molecule has 1 N–H and O–H groups in total. The monoisotopic (exact) mass is 357 g/mol. The maximum absolute atomic E-state index is 12.1. The van der Waals surface area contributed by atoms with E-state index in [4.69, 9.17) is 23.2 Å². The topological polar surface area (TPSA) is 29.1 Å². The third-order valence-electron chi connectivity index (χ3n) is 2.60. The van der Waals surface area contributed by atoms with E-state index < -0.39 is 0 Å². The van der Waals surface area contributed by atoms with Crippen LogP contribution >= 0.6 is 39.1 Å². The van der Waals surface area contributed by atoms with Crippen molar-refractivity contribution in [1.29, 1.82) is 0 Å². The average Bonchev–Trinajstić information content (AvgIpc) is 2.37. The van der Waals surface area contributed by atoms with Crippen LogP contribution in [0.4, 0.5) is 5.69 Å². The van der Waals surface area contributed by atoms with E-state index in [9.17, 15) is 4.79 Å². The Hall–Kier alpha value is -1.03. The number of halogens is 3. The minimum Gasteiger partial charge on any atom is -0.321 e. The van der Waals surface area contributed by atoms with Gasteiger partial charge in [-0.05, 0) is 48.9 Å². The highest BCUT2D eigenvalue weighted by atomic mass is 79.9. The second kappa shape index (κ2) is 5.95. The molecule has 2 aromatic carbocycles. The summed E-state index contributed by atoms with van der Waals surface area (Å²) in [6.07, 6.45) is 0. The van der Waals surface area contributed by atoms with E-state index in [1.807, 2.05) is 13.0 Å². The number of aryl methyl sites for hydroxylation is 1. The van der Waals surface area contributed by atoms with E-state index in [1.54, 1.807) is 30.3 Å². The lowest BCUT2D eigenvalue weighted by atomic mass is 10.1. The summed E-state index contributed by atoms with van der Waals surface area (Å²) in [7, 11) is 0. The van der Waals surface area contributed by atoms with Crippen LogP contribution in [0.3, 0.4) is 0 Å². The zero-order chi connectivity index (χ0) is 14.0. The molecule has 0 saturated heterocycles. The van der Waals surface area contributed by atoms with Gasteiger partial charge in [-0.2, -0.15) is 0 Å². The molecule has 2 rings (SSSR count). The van der Waals surface area contributed by atoms with Gasteiger partial charge >= 0.3 is 0 Å². The molecule has 0 aliphatic carbocycles. The highest BCUT2D eigenvalue weighted by Gasteiger charge is 2.10. The number of rotatable bonds is 2. The van der Waals surface area contributed by atoms with Crippen molar-refractivity contribution < 1.29 is 4.79 Å². The maximum atomic E-state index is 12.1. The summed E-state index contributed by atoms with van der Waals surface area (Å²) in [5.74, 6) is -0.222. The predicted octanol–water partition coefficient (Wildman–Crippen LogP) is 5.32. The first-order valence-corrected chi connectivity index (χ1v) is 7.05. The molecule has 0 aliphatic rings. The fraction of sp³-hybridized carbons (Fsp3) is 0.0714. The average molecular weight is 359 g/mol. The molecule has 0 saturated carbocycles. The normalized spacial score (nSPS) is 10.3. The molecule has 0 spiro atoms. The summed E-state index contributed by atoms with van der Waals surface area (Å²) in [4.78, 5) is 12.1. The van der Waals surface area contributed by atoms with Crippen LogP contribution in [0.25, 0.3) is 0 Å². The van der Waals surface area contributed by atoms with Crippen molar-refractivity contribution in [3.8, 4) is 0 Å². The van der Waals surface area contributed by atoms with Gasteiger partial charge in [0.15, 0.2) is 0 Å². The molecule has 0 aromatic heterocycles. The first-order chi connectivity index (χ1) is 8.97. The molecule has 2 aromatic rings.